The molecular weight excluding hydrogens is 333 g/mol. The first-order valence-electron chi connectivity index (χ1n) is 7.60. The molecule has 0 fully saturated rings. The third-order valence-corrected chi connectivity index (χ3v) is 4.42. The molecule has 0 bridgehead atoms. The summed E-state index contributed by atoms with van der Waals surface area (Å²) >= 11 is 11.9. The lowest BCUT2D eigenvalue weighted by atomic mass is 10.1. The quantitative estimate of drug-likeness (QED) is 0.637. The van der Waals surface area contributed by atoms with E-state index in [-0.39, 0.29) is 5.82 Å². The lowest BCUT2D eigenvalue weighted by molar-refractivity contribution is -0.671. The second kappa shape index (κ2) is 8.78. The fraction of sp³-hybridized carbons (Fsp3) is 0.375. The first kappa shape index (κ1) is 17.6. The number of aryl methyl sites for hydroxylation is 1. The van der Waals surface area contributed by atoms with Crippen LogP contribution in [0.3, 0.4) is 0 Å². The van der Waals surface area contributed by atoms with E-state index in [4.69, 9.17) is 34.2 Å². The highest BCUT2D eigenvalue weighted by molar-refractivity contribution is 6.42. The second-order valence-corrected chi connectivity index (χ2v) is 6.23. The number of nitrogens with one attached hydrogen (secondary N) is 1. The van der Waals surface area contributed by atoms with E-state index in [2.05, 4.69) is 21.6 Å². The Morgan fingerprint density at radius 2 is 2.04 bits per heavy atom. The first-order valence-corrected chi connectivity index (χ1v) is 8.36. The minimum Gasteiger partial charge on any atom is -0.381 e. The third-order valence-electron chi connectivity index (χ3n) is 3.68. The molecule has 0 amide bonds. The van der Waals surface area contributed by atoms with Gasteiger partial charge in [0.05, 0.1) is 22.3 Å². The number of nitrogens with two attached hydrogens (primary N) is 2. The number of nitrogens with zero attached hydrogens (tertiary/aromatic N) is 2. The van der Waals surface area contributed by atoms with Crippen molar-refractivity contribution in [1.82, 2.24) is 10.2 Å². The SMILES string of the molecule is N#Cc1c(N)n[nH]c1CCCCC[NH2+]Cc1ccc(Cl)c(Cl)c1. The average Bonchev–Trinajstić information content (AvgIpc) is 2.89. The Kier molecular flexibility index (Phi) is 6.72. The summed E-state index contributed by atoms with van der Waals surface area (Å²) < 4.78 is 0. The van der Waals surface area contributed by atoms with E-state index in [1.165, 1.54) is 5.56 Å². The fourth-order valence-electron chi connectivity index (χ4n) is 2.40. The van der Waals surface area contributed by atoms with Crippen molar-refractivity contribution in [2.75, 3.05) is 12.3 Å². The minimum atomic E-state index is 0.289. The number of unbranched alkanes of at least 4 members (excludes halogenated alkanes) is 2. The number of benzene rings is 1. The smallest absolute Gasteiger partial charge is 0.163 e. The molecule has 1 aromatic heterocycles. The highest BCUT2D eigenvalue weighted by Gasteiger charge is 2.09. The number of rotatable bonds is 8. The number of quaternary nitrogens is 1. The summed E-state index contributed by atoms with van der Waals surface area (Å²) in [7, 11) is 0. The van der Waals surface area contributed by atoms with Crippen LogP contribution in [0.25, 0.3) is 0 Å². The van der Waals surface area contributed by atoms with Crippen LogP contribution in [0.2, 0.25) is 10.0 Å². The lowest BCUT2D eigenvalue weighted by Crippen LogP contribution is -2.82. The number of H-pyrrole nitrogens is 1. The van der Waals surface area contributed by atoms with Gasteiger partial charge in [0.25, 0.3) is 0 Å². The molecule has 0 unspecified atom stereocenters. The van der Waals surface area contributed by atoms with Gasteiger partial charge >= 0.3 is 0 Å². The Bertz CT molecular complexity index is 690. The highest BCUT2D eigenvalue weighted by Crippen LogP contribution is 2.22. The van der Waals surface area contributed by atoms with Crippen LogP contribution in [0.15, 0.2) is 18.2 Å². The molecule has 0 aliphatic carbocycles. The van der Waals surface area contributed by atoms with Crippen LogP contribution >= 0.6 is 23.2 Å². The maximum Gasteiger partial charge on any atom is 0.163 e. The zero-order chi connectivity index (χ0) is 16.7. The largest absolute Gasteiger partial charge is 0.381 e. The minimum absolute atomic E-state index is 0.289. The Morgan fingerprint density at radius 1 is 1.22 bits per heavy atom. The first-order chi connectivity index (χ1) is 11.1. The Hall–Kier alpha value is -1.74. The van der Waals surface area contributed by atoms with Crippen molar-refractivity contribution in [3.05, 3.63) is 45.1 Å². The van der Waals surface area contributed by atoms with E-state index in [1.807, 2.05) is 18.2 Å². The van der Waals surface area contributed by atoms with E-state index in [1.54, 1.807) is 0 Å². The van der Waals surface area contributed by atoms with Gasteiger partial charge in [-0.25, -0.2) is 0 Å². The number of nitriles is 1. The van der Waals surface area contributed by atoms with E-state index >= 15 is 0 Å². The number of hydrogen-bond donors (Lipinski definition) is 3. The van der Waals surface area contributed by atoms with Crippen LogP contribution in [-0.2, 0) is 13.0 Å². The van der Waals surface area contributed by atoms with Crippen LogP contribution in [0, 0.1) is 11.3 Å². The maximum absolute atomic E-state index is 8.99. The van der Waals surface area contributed by atoms with E-state index in [9.17, 15) is 0 Å². The molecule has 122 valence electrons. The molecule has 23 heavy (non-hydrogen) atoms. The van der Waals surface area contributed by atoms with Crippen molar-refractivity contribution < 1.29 is 5.32 Å². The highest BCUT2D eigenvalue weighted by atomic mass is 35.5. The number of aromatic nitrogens is 2. The zero-order valence-electron chi connectivity index (χ0n) is 12.8. The second-order valence-electron chi connectivity index (χ2n) is 5.41. The van der Waals surface area contributed by atoms with Crippen molar-refractivity contribution in [2.45, 2.75) is 32.2 Å². The summed E-state index contributed by atoms with van der Waals surface area (Å²) in [5.74, 6) is 0.289. The summed E-state index contributed by atoms with van der Waals surface area (Å²) in [5.41, 5.74) is 8.10. The Morgan fingerprint density at radius 3 is 2.78 bits per heavy atom. The molecule has 2 rings (SSSR count). The van der Waals surface area contributed by atoms with Crippen molar-refractivity contribution >= 4 is 29.0 Å². The molecule has 1 heterocycles. The standard InChI is InChI=1S/C16H19Cl2N5/c17-13-6-5-11(8-14(13)18)10-21-7-3-1-2-4-15-12(9-19)16(20)23-22-15/h5-6,8,21H,1-4,7,10H2,(H3,20,22,23)/p+1. The average molecular weight is 353 g/mol. The van der Waals surface area contributed by atoms with Crippen LogP contribution in [-0.4, -0.2) is 16.7 Å². The van der Waals surface area contributed by atoms with Crippen molar-refractivity contribution in [3.8, 4) is 6.07 Å². The summed E-state index contributed by atoms with van der Waals surface area (Å²) in [6.45, 7) is 1.95. The molecule has 0 atom stereocenters. The fourth-order valence-corrected chi connectivity index (χ4v) is 2.72. The molecule has 5 nitrogen and oxygen atoms in total. The molecule has 2 aromatic rings. The van der Waals surface area contributed by atoms with Gasteiger partial charge in [0.15, 0.2) is 5.82 Å². The summed E-state index contributed by atoms with van der Waals surface area (Å²) in [6, 6.07) is 7.82. The number of halogens is 2. The van der Waals surface area contributed by atoms with Gasteiger partial charge in [0, 0.05) is 5.56 Å². The molecule has 0 radical (unpaired) electrons. The van der Waals surface area contributed by atoms with Crippen molar-refractivity contribution in [3.63, 3.8) is 0 Å². The van der Waals surface area contributed by atoms with Gasteiger partial charge < -0.3 is 11.1 Å². The molecule has 5 N–H and O–H groups in total. The molecule has 0 spiro atoms. The van der Waals surface area contributed by atoms with Crippen LogP contribution < -0.4 is 11.1 Å². The van der Waals surface area contributed by atoms with Crippen molar-refractivity contribution in [1.29, 1.82) is 5.26 Å². The predicted molar refractivity (Wildman–Crippen MR) is 92.2 cm³/mol. The van der Waals surface area contributed by atoms with Gasteiger partial charge in [0.1, 0.15) is 18.2 Å². The summed E-state index contributed by atoms with van der Waals surface area (Å²) in [6.07, 6.45) is 4.03. The predicted octanol–water partition coefficient (Wildman–Crippen LogP) is 2.65. The number of aromatic amines is 1. The van der Waals surface area contributed by atoms with Gasteiger partial charge in [-0.1, -0.05) is 29.3 Å². The summed E-state index contributed by atoms with van der Waals surface area (Å²) in [5, 5.41) is 19.1. The van der Waals surface area contributed by atoms with Gasteiger partial charge in [0.2, 0.25) is 0 Å². The Labute approximate surface area is 145 Å². The number of nitrogen functional groups attached to an aromatic ring is 1. The maximum atomic E-state index is 8.99. The molecule has 7 heteroatoms. The third kappa shape index (κ3) is 5.14. The number of anilines is 1. The van der Waals surface area contributed by atoms with E-state index in [0.29, 0.717) is 15.6 Å². The molecule has 0 saturated heterocycles. The van der Waals surface area contributed by atoms with Gasteiger partial charge in [-0.2, -0.15) is 10.4 Å². The monoisotopic (exact) mass is 352 g/mol. The zero-order valence-corrected chi connectivity index (χ0v) is 14.3. The molecule has 0 saturated carbocycles. The lowest BCUT2D eigenvalue weighted by Gasteiger charge is -2.04. The van der Waals surface area contributed by atoms with E-state index in [0.717, 1.165) is 44.5 Å². The summed E-state index contributed by atoms with van der Waals surface area (Å²) in [4.78, 5) is 0. The van der Waals surface area contributed by atoms with Gasteiger partial charge in [-0.05, 0) is 37.8 Å². The normalized spacial score (nSPS) is 10.7. The van der Waals surface area contributed by atoms with Gasteiger partial charge in [-0.3, -0.25) is 5.10 Å². The molecule has 1 aromatic carbocycles. The van der Waals surface area contributed by atoms with Crippen LogP contribution in [0.5, 0.6) is 0 Å². The molecule has 0 aliphatic heterocycles. The number of hydrogen-bond acceptors (Lipinski definition) is 3. The van der Waals surface area contributed by atoms with Crippen LogP contribution in [0.1, 0.15) is 36.1 Å². The van der Waals surface area contributed by atoms with E-state index < -0.39 is 0 Å². The van der Waals surface area contributed by atoms with Crippen molar-refractivity contribution in [2.24, 2.45) is 0 Å². The Balaban J connectivity index is 1.61. The van der Waals surface area contributed by atoms with Gasteiger partial charge in [-0.15, -0.1) is 0 Å². The topological polar surface area (TPSA) is 95.1 Å². The molecule has 0 aliphatic rings. The van der Waals surface area contributed by atoms with Crippen LogP contribution in [0.4, 0.5) is 5.82 Å². The molecular formula is C16H20Cl2N5+.